The Hall–Kier alpha value is -1.74. The number of aryl methyl sites for hydroxylation is 1. The molecule has 19 heavy (non-hydrogen) atoms. The van der Waals surface area contributed by atoms with Crippen molar-refractivity contribution in [3.05, 3.63) is 64.3 Å². The first-order valence-electron chi connectivity index (χ1n) is 6.22. The number of halogens is 1. The van der Waals surface area contributed by atoms with Gasteiger partial charge < -0.3 is 10.3 Å². The zero-order chi connectivity index (χ0) is 13.4. The third kappa shape index (κ3) is 2.51. The van der Waals surface area contributed by atoms with E-state index in [2.05, 4.69) is 63.9 Å². The van der Waals surface area contributed by atoms with Crippen LogP contribution < -0.4 is 5.73 Å². The Morgan fingerprint density at radius 2 is 1.95 bits per heavy atom. The lowest BCUT2D eigenvalue weighted by molar-refractivity contribution is 0.836. The number of fused-ring (bicyclic) bond motifs is 1. The molecule has 0 saturated heterocycles. The van der Waals surface area contributed by atoms with E-state index < -0.39 is 0 Å². The Kier molecular flexibility index (Phi) is 3.07. The van der Waals surface area contributed by atoms with Crippen molar-refractivity contribution in [2.45, 2.75) is 13.5 Å². The first kappa shape index (κ1) is 12.3. The summed E-state index contributed by atoms with van der Waals surface area (Å²) in [5.41, 5.74) is 10.4. The third-order valence-electron chi connectivity index (χ3n) is 3.26. The molecule has 96 valence electrons. The largest absolute Gasteiger partial charge is 0.399 e. The molecule has 3 rings (SSSR count). The first-order valence-corrected chi connectivity index (χ1v) is 7.01. The number of hydrogen-bond acceptors (Lipinski definition) is 1. The van der Waals surface area contributed by atoms with Gasteiger partial charge >= 0.3 is 0 Å². The van der Waals surface area contributed by atoms with Crippen LogP contribution in [0.3, 0.4) is 0 Å². The van der Waals surface area contributed by atoms with Gasteiger partial charge in [0.2, 0.25) is 0 Å². The van der Waals surface area contributed by atoms with Crippen molar-refractivity contribution in [3.8, 4) is 0 Å². The number of nitrogens with zero attached hydrogens (tertiary/aromatic N) is 1. The van der Waals surface area contributed by atoms with Crippen molar-refractivity contribution in [2.75, 3.05) is 5.73 Å². The van der Waals surface area contributed by atoms with E-state index >= 15 is 0 Å². The summed E-state index contributed by atoms with van der Waals surface area (Å²) in [7, 11) is 0. The molecule has 0 unspecified atom stereocenters. The van der Waals surface area contributed by atoms with Gasteiger partial charge in [-0.25, -0.2) is 0 Å². The minimum atomic E-state index is 0.789. The van der Waals surface area contributed by atoms with Crippen molar-refractivity contribution in [3.63, 3.8) is 0 Å². The molecule has 2 nitrogen and oxygen atoms in total. The van der Waals surface area contributed by atoms with E-state index in [1.165, 1.54) is 22.0 Å². The quantitative estimate of drug-likeness (QED) is 0.701. The second-order valence-corrected chi connectivity index (χ2v) is 5.81. The maximum atomic E-state index is 5.89. The van der Waals surface area contributed by atoms with Crippen LogP contribution in [0.1, 0.15) is 11.1 Å². The molecule has 0 aliphatic rings. The average Bonchev–Trinajstić information content (AvgIpc) is 2.70. The highest BCUT2D eigenvalue weighted by Gasteiger charge is 2.03. The fourth-order valence-electron chi connectivity index (χ4n) is 2.40. The lowest BCUT2D eigenvalue weighted by Gasteiger charge is -2.08. The summed E-state index contributed by atoms with van der Waals surface area (Å²) in [6.07, 6.45) is 2.13. The van der Waals surface area contributed by atoms with Crippen molar-refractivity contribution < 1.29 is 0 Å². The van der Waals surface area contributed by atoms with Crippen LogP contribution in [0.15, 0.2) is 53.1 Å². The SMILES string of the molecule is Cc1ccc2ccn(Cc3cc(N)cc(Br)c3)c2c1. The Bertz CT molecular complexity index is 723. The van der Waals surface area contributed by atoms with Crippen LogP contribution in [0.25, 0.3) is 10.9 Å². The van der Waals surface area contributed by atoms with Crippen LogP contribution in [0.4, 0.5) is 5.69 Å². The van der Waals surface area contributed by atoms with Crippen molar-refractivity contribution in [1.29, 1.82) is 0 Å². The smallest absolute Gasteiger partial charge is 0.0486 e. The fourth-order valence-corrected chi connectivity index (χ4v) is 2.95. The number of benzene rings is 2. The number of nitrogens with two attached hydrogens (primary N) is 1. The first-order chi connectivity index (χ1) is 9.11. The van der Waals surface area contributed by atoms with E-state index in [1.54, 1.807) is 0 Å². The van der Waals surface area contributed by atoms with E-state index in [9.17, 15) is 0 Å². The lowest BCUT2D eigenvalue weighted by atomic mass is 10.2. The van der Waals surface area contributed by atoms with Crippen LogP contribution >= 0.6 is 15.9 Å². The zero-order valence-corrected chi connectivity index (χ0v) is 12.3. The van der Waals surface area contributed by atoms with Gasteiger partial charge in [-0.15, -0.1) is 0 Å². The van der Waals surface area contributed by atoms with Gasteiger partial charge in [0.15, 0.2) is 0 Å². The Labute approximate surface area is 121 Å². The van der Waals surface area contributed by atoms with Gasteiger partial charge in [-0.2, -0.15) is 0 Å². The number of hydrogen-bond donors (Lipinski definition) is 1. The van der Waals surface area contributed by atoms with Gasteiger partial charge in [-0.1, -0.05) is 28.1 Å². The molecule has 3 heteroatoms. The van der Waals surface area contributed by atoms with Gasteiger partial charge in [0.1, 0.15) is 0 Å². The van der Waals surface area contributed by atoms with Gasteiger partial charge in [-0.3, -0.25) is 0 Å². The minimum absolute atomic E-state index is 0.789. The lowest BCUT2D eigenvalue weighted by Crippen LogP contribution is -1.99. The summed E-state index contributed by atoms with van der Waals surface area (Å²) in [5.74, 6) is 0. The predicted octanol–water partition coefficient (Wildman–Crippen LogP) is 4.34. The molecule has 0 atom stereocenters. The highest BCUT2D eigenvalue weighted by molar-refractivity contribution is 9.10. The molecule has 1 heterocycles. The molecule has 0 fully saturated rings. The average molecular weight is 315 g/mol. The van der Waals surface area contributed by atoms with E-state index in [0.29, 0.717) is 0 Å². The van der Waals surface area contributed by atoms with Crippen LogP contribution in [0, 0.1) is 6.92 Å². The molecule has 0 aliphatic heterocycles. The highest BCUT2D eigenvalue weighted by Crippen LogP contribution is 2.22. The molecule has 0 spiro atoms. The summed E-state index contributed by atoms with van der Waals surface area (Å²) < 4.78 is 3.28. The topological polar surface area (TPSA) is 30.9 Å². The number of rotatable bonds is 2. The molecule has 0 bridgehead atoms. The maximum Gasteiger partial charge on any atom is 0.0486 e. The minimum Gasteiger partial charge on any atom is -0.399 e. The highest BCUT2D eigenvalue weighted by atomic mass is 79.9. The number of anilines is 1. The van der Waals surface area contributed by atoms with Crippen molar-refractivity contribution in [2.24, 2.45) is 0 Å². The van der Waals surface area contributed by atoms with Crippen LogP contribution in [0.5, 0.6) is 0 Å². The maximum absolute atomic E-state index is 5.89. The Morgan fingerprint density at radius 1 is 1.11 bits per heavy atom. The number of nitrogen functional groups attached to an aromatic ring is 1. The normalized spacial score (nSPS) is 11.1. The summed E-state index contributed by atoms with van der Waals surface area (Å²) >= 11 is 3.49. The molecule has 0 saturated carbocycles. The monoisotopic (exact) mass is 314 g/mol. The second kappa shape index (κ2) is 4.74. The fraction of sp³-hybridized carbons (Fsp3) is 0.125. The standard InChI is InChI=1S/C16H15BrN2/c1-11-2-3-13-4-5-19(16(13)6-11)10-12-7-14(17)9-15(18)8-12/h2-9H,10,18H2,1H3. The molecule has 0 aliphatic carbocycles. The second-order valence-electron chi connectivity index (χ2n) is 4.90. The molecule has 2 N–H and O–H groups in total. The molecule has 3 aromatic rings. The molecule has 0 radical (unpaired) electrons. The van der Waals surface area contributed by atoms with E-state index in [0.717, 1.165) is 16.7 Å². The van der Waals surface area contributed by atoms with Gasteiger partial charge in [0.25, 0.3) is 0 Å². The Morgan fingerprint density at radius 3 is 2.74 bits per heavy atom. The van der Waals surface area contributed by atoms with Crippen LogP contribution in [-0.4, -0.2) is 4.57 Å². The van der Waals surface area contributed by atoms with Gasteiger partial charge in [0.05, 0.1) is 0 Å². The van der Waals surface area contributed by atoms with E-state index in [1.807, 2.05) is 12.1 Å². The van der Waals surface area contributed by atoms with Crippen molar-refractivity contribution in [1.82, 2.24) is 4.57 Å². The predicted molar refractivity (Wildman–Crippen MR) is 84.3 cm³/mol. The summed E-state index contributed by atoms with van der Waals surface area (Å²) in [6, 6.07) is 14.7. The molecular formula is C16H15BrN2. The summed E-state index contributed by atoms with van der Waals surface area (Å²) in [4.78, 5) is 0. The van der Waals surface area contributed by atoms with Crippen molar-refractivity contribution >= 4 is 32.5 Å². The summed E-state index contributed by atoms with van der Waals surface area (Å²) in [5, 5.41) is 1.27. The van der Waals surface area contributed by atoms with E-state index in [4.69, 9.17) is 5.73 Å². The number of aromatic nitrogens is 1. The van der Waals surface area contributed by atoms with Gasteiger partial charge in [0, 0.05) is 28.4 Å². The van der Waals surface area contributed by atoms with Gasteiger partial charge in [-0.05, 0) is 53.8 Å². The molecular weight excluding hydrogens is 300 g/mol. The van der Waals surface area contributed by atoms with Crippen LogP contribution in [-0.2, 0) is 6.54 Å². The van der Waals surface area contributed by atoms with Crippen LogP contribution in [0.2, 0.25) is 0 Å². The molecule has 1 aromatic heterocycles. The Balaban J connectivity index is 2.03. The molecule has 2 aromatic carbocycles. The zero-order valence-electron chi connectivity index (χ0n) is 10.7. The third-order valence-corrected chi connectivity index (χ3v) is 3.72. The van der Waals surface area contributed by atoms with E-state index in [-0.39, 0.29) is 0 Å². The molecule has 0 amide bonds. The summed E-state index contributed by atoms with van der Waals surface area (Å²) in [6.45, 7) is 2.95.